The minimum Gasteiger partial charge on any atom is -0.377 e. The lowest BCUT2D eigenvalue weighted by Crippen LogP contribution is -2.59. The summed E-state index contributed by atoms with van der Waals surface area (Å²) < 4.78 is 5.79. The Morgan fingerprint density at radius 1 is 1.20 bits per heavy atom. The van der Waals surface area contributed by atoms with Crippen molar-refractivity contribution >= 4 is 0 Å². The van der Waals surface area contributed by atoms with Crippen LogP contribution in [0.4, 0.5) is 0 Å². The summed E-state index contributed by atoms with van der Waals surface area (Å²) in [7, 11) is 2.33. The zero-order chi connectivity index (χ0) is 14.7. The van der Waals surface area contributed by atoms with E-state index in [0.717, 1.165) is 25.0 Å². The molecule has 1 saturated carbocycles. The fourth-order valence-electron chi connectivity index (χ4n) is 4.54. The highest BCUT2D eigenvalue weighted by Gasteiger charge is 2.40. The molecule has 2 aliphatic rings. The van der Waals surface area contributed by atoms with Crippen LogP contribution in [0.1, 0.15) is 53.4 Å². The summed E-state index contributed by atoms with van der Waals surface area (Å²) in [5.74, 6) is 1.62. The van der Waals surface area contributed by atoms with Gasteiger partial charge in [-0.15, -0.1) is 0 Å². The molecular formula is C17H34N2O. The lowest BCUT2D eigenvalue weighted by Gasteiger charge is -2.47. The molecule has 1 heterocycles. The quantitative estimate of drug-likeness (QED) is 0.839. The molecule has 1 N–H and O–H groups in total. The van der Waals surface area contributed by atoms with E-state index in [9.17, 15) is 0 Å². The zero-order valence-electron chi connectivity index (χ0n) is 14.1. The van der Waals surface area contributed by atoms with Gasteiger partial charge < -0.3 is 10.1 Å². The maximum absolute atomic E-state index is 5.79. The lowest BCUT2D eigenvalue weighted by atomic mass is 9.75. The van der Waals surface area contributed by atoms with Crippen LogP contribution in [0.25, 0.3) is 0 Å². The van der Waals surface area contributed by atoms with Crippen molar-refractivity contribution in [3.63, 3.8) is 0 Å². The van der Waals surface area contributed by atoms with Gasteiger partial charge >= 0.3 is 0 Å². The molecule has 1 aliphatic carbocycles. The third kappa shape index (κ3) is 3.55. The minimum atomic E-state index is 0.387. The summed E-state index contributed by atoms with van der Waals surface area (Å²) in [6.45, 7) is 11.4. The zero-order valence-corrected chi connectivity index (χ0v) is 14.1. The molecule has 0 spiro atoms. The second kappa shape index (κ2) is 7.24. The second-order valence-corrected chi connectivity index (χ2v) is 7.20. The smallest absolute Gasteiger partial charge is 0.0703 e. The molecule has 0 radical (unpaired) electrons. The predicted molar refractivity (Wildman–Crippen MR) is 85.0 cm³/mol. The number of hydrogen-bond donors (Lipinski definition) is 1. The van der Waals surface area contributed by atoms with E-state index in [2.05, 4.69) is 45.0 Å². The van der Waals surface area contributed by atoms with Gasteiger partial charge in [-0.2, -0.15) is 0 Å². The molecule has 2 fully saturated rings. The van der Waals surface area contributed by atoms with E-state index >= 15 is 0 Å². The van der Waals surface area contributed by atoms with Crippen molar-refractivity contribution in [1.29, 1.82) is 0 Å². The molecule has 0 aromatic rings. The summed E-state index contributed by atoms with van der Waals surface area (Å²) in [6.07, 6.45) is 5.48. The Labute approximate surface area is 125 Å². The normalized spacial score (nSPS) is 42.3. The molecule has 2 rings (SSSR count). The number of rotatable bonds is 5. The van der Waals surface area contributed by atoms with Crippen LogP contribution in [-0.4, -0.2) is 49.3 Å². The van der Waals surface area contributed by atoms with Gasteiger partial charge in [0.25, 0.3) is 0 Å². The Balaban J connectivity index is 2.07. The Morgan fingerprint density at radius 2 is 1.95 bits per heavy atom. The van der Waals surface area contributed by atoms with Gasteiger partial charge in [0.15, 0.2) is 0 Å². The second-order valence-electron chi connectivity index (χ2n) is 7.20. The first-order valence-electron chi connectivity index (χ1n) is 8.61. The van der Waals surface area contributed by atoms with Crippen molar-refractivity contribution in [3.8, 4) is 0 Å². The van der Waals surface area contributed by atoms with Crippen molar-refractivity contribution in [2.45, 2.75) is 77.6 Å². The summed E-state index contributed by atoms with van der Waals surface area (Å²) in [4.78, 5) is 2.64. The summed E-state index contributed by atoms with van der Waals surface area (Å²) in [5, 5.41) is 3.82. The third-order valence-electron chi connectivity index (χ3n) is 5.41. The van der Waals surface area contributed by atoms with E-state index in [1.165, 1.54) is 25.7 Å². The molecule has 6 atom stereocenters. The van der Waals surface area contributed by atoms with E-state index < -0.39 is 0 Å². The number of hydrogen-bond acceptors (Lipinski definition) is 3. The summed E-state index contributed by atoms with van der Waals surface area (Å²) in [5.41, 5.74) is 0. The largest absolute Gasteiger partial charge is 0.377 e. The molecule has 0 aromatic heterocycles. The average molecular weight is 282 g/mol. The number of likely N-dealkylation sites (N-methyl/N-ethyl adjacent to an activating group) is 1. The van der Waals surface area contributed by atoms with Gasteiger partial charge in [0.2, 0.25) is 0 Å². The van der Waals surface area contributed by atoms with Crippen molar-refractivity contribution in [3.05, 3.63) is 0 Å². The predicted octanol–water partition coefficient (Wildman–Crippen LogP) is 2.90. The minimum absolute atomic E-state index is 0.387. The fourth-order valence-corrected chi connectivity index (χ4v) is 4.54. The molecule has 20 heavy (non-hydrogen) atoms. The van der Waals surface area contributed by atoms with Crippen molar-refractivity contribution in [2.75, 3.05) is 20.2 Å². The van der Waals surface area contributed by atoms with Crippen LogP contribution in [0.3, 0.4) is 0 Å². The van der Waals surface area contributed by atoms with E-state index in [-0.39, 0.29) is 0 Å². The van der Waals surface area contributed by atoms with Gasteiger partial charge in [0, 0.05) is 24.7 Å². The van der Waals surface area contributed by atoms with Crippen molar-refractivity contribution < 1.29 is 4.74 Å². The fraction of sp³-hybridized carbons (Fsp3) is 1.00. The van der Waals surface area contributed by atoms with Crippen LogP contribution in [-0.2, 0) is 4.74 Å². The van der Waals surface area contributed by atoms with Gasteiger partial charge in [0.1, 0.15) is 0 Å². The highest BCUT2D eigenvalue weighted by molar-refractivity contribution is 4.96. The first kappa shape index (κ1) is 16.3. The number of nitrogens with zero attached hydrogens (tertiary/aromatic N) is 1. The molecule has 0 bridgehead atoms. The summed E-state index contributed by atoms with van der Waals surface area (Å²) in [6, 6.07) is 1.90. The molecule has 1 saturated heterocycles. The van der Waals surface area contributed by atoms with Gasteiger partial charge in [-0.1, -0.05) is 20.8 Å². The standard InChI is InChI=1S/C17H34N2O/c1-6-8-18-15-11-12(2)10-13(3)17(15)19(5)16-7-9-20-14(16)4/h12-18H,6-11H2,1-5H3. The van der Waals surface area contributed by atoms with Crippen LogP contribution in [0.5, 0.6) is 0 Å². The first-order valence-corrected chi connectivity index (χ1v) is 8.61. The van der Waals surface area contributed by atoms with Gasteiger partial charge in [0.05, 0.1) is 6.10 Å². The number of nitrogens with one attached hydrogen (secondary N) is 1. The highest BCUT2D eigenvalue weighted by Crippen LogP contribution is 2.34. The first-order chi connectivity index (χ1) is 9.54. The molecule has 1 aliphatic heterocycles. The molecule has 0 aromatic carbocycles. The Bertz CT molecular complexity index is 297. The molecule has 6 unspecified atom stereocenters. The van der Waals surface area contributed by atoms with Crippen LogP contribution < -0.4 is 5.32 Å². The molecular weight excluding hydrogens is 248 g/mol. The van der Waals surface area contributed by atoms with Gasteiger partial charge in [-0.05, 0) is 58.0 Å². The molecule has 3 nitrogen and oxygen atoms in total. The highest BCUT2D eigenvalue weighted by atomic mass is 16.5. The van der Waals surface area contributed by atoms with E-state index in [1.807, 2.05) is 0 Å². The summed E-state index contributed by atoms with van der Waals surface area (Å²) >= 11 is 0. The number of ether oxygens (including phenoxy) is 1. The van der Waals surface area contributed by atoms with E-state index in [0.29, 0.717) is 24.2 Å². The molecule has 118 valence electrons. The van der Waals surface area contributed by atoms with Crippen LogP contribution in [0, 0.1) is 11.8 Å². The van der Waals surface area contributed by atoms with Crippen molar-refractivity contribution in [2.24, 2.45) is 11.8 Å². The van der Waals surface area contributed by atoms with Crippen molar-refractivity contribution in [1.82, 2.24) is 10.2 Å². The van der Waals surface area contributed by atoms with Crippen LogP contribution >= 0.6 is 0 Å². The topological polar surface area (TPSA) is 24.5 Å². The van der Waals surface area contributed by atoms with E-state index in [4.69, 9.17) is 4.74 Å². The molecule has 3 heteroatoms. The maximum atomic E-state index is 5.79. The SMILES string of the molecule is CCCNC1CC(C)CC(C)C1N(C)C1CCOC1C. The maximum Gasteiger partial charge on any atom is 0.0703 e. The van der Waals surface area contributed by atoms with Gasteiger partial charge in [-0.3, -0.25) is 4.90 Å². The van der Waals surface area contributed by atoms with Crippen LogP contribution in [0.2, 0.25) is 0 Å². The van der Waals surface area contributed by atoms with Gasteiger partial charge in [-0.25, -0.2) is 0 Å². The monoisotopic (exact) mass is 282 g/mol. The Morgan fingerprint density at radius 3 is 2.55 bits per heavy atom. The average Bonchev–Trinajstić information content (AvgIpc) is 2.81. The third-order valence-corrected chi connectivity index (χ3v) is 5.41. The lowest BCUT2D eigenvalue weighted by molar-refractivity contribution is 0.0192. The Kier molecular flexibility index (Phi) is 5.88. The molecule has 0 amide bonds. The van der Waals surface area contributed by atoms with E-state index in [1.54, 1.807) is 0 Å². The van der Waals surface area contributed by atoms with Crippen LogP contribution in [0.15, 0.2) is 0 Å². The Hall–Kier alpha value is -0.120.